The topological polar surface area (TPSA) is 93.5 Å². The number of carbonyl (C=O) groups excluding carboxylic acids is 2. The smallest absolute Gasteiger partial charge is 0.243 e. The van der Waals surface area contributed by atoms with Gasteiger partial charge in [0.1, 0.15) is 11.5 Å². The van der Waals surface area contributed by atoms with Gasteiger partial charge in [-0.3, -0.25) is 9.59 Å². The lowest BCUT2D eigenvalue weighted by molar-refractivity contribution is -0.125. The maximum absolute atomic E-state index is 11.9. The number of aryl methyl sites for hydroxylation is 1. The second-order valence-electron chi connectivity index (χ2n) is 6.48. The highest BCUT2D eigenvalue weighted by atomic mass is 35.5. The van der Waals surface area contributed by atoms with Gasteiger partial charge in [-0.1, -0.05) is 31.5 Å². The lowest BCUT2D eigenvalue weighted by atomic mass is 10.1. The number of amides is 2. The first kappa shape index (κ1) is 22.5. The van der Waals surface area contributed by atoms with Crippen molar-refractivity contribution in [3.8, 4) is 11.5 Å². The predicted molar refractivity (Wildman–Crippen MR) is 109 cm³/mol. The van der Waals surface area contributed by atoms with Crippen molar-refractivity contribution in [2.24, 2.45) is 11.7 Å². The van der Waals surface area contributed by atoms with Crippen LogP contribution in [0.4, 0.5) is 5.69 Å². The fourth-order valence-corrected chi connectivity index (χ4v) is 2.14. The van der Waals surface area contributed by atoms with E-state index in [2.05, 4.69) is 10.6 Å². The molecule has 146 valence electrons. The van der Waals surface area contributed by atoms with E-state index in [0.717, 1.165) is 11.3 Å². The van der Waals surface area contributed by atoms with Gasteiger partial charge in [-0.25, -0.2) is 0 Å². The summed E-state index contributed by atoms with van der Waals surface area (Å²) in [7, 11) is 0. The fraction of sp³-hybridized carbons (Fsp3) is 0.300. The second kappa shape index (κ2) is 10.5. The van der Waals surface area contributed by atoms with E-state index in [1.807, 2.05) is 45.0 Å². The molecule has 4 N–H and O–H groups in total. The van der Waals surface area contributed by atoms with Gasteiger partial charge in [-0.15, -0.1) is 12.4 Å². The molecule has 2 amide bonds. The first-order valence-electron chi connectivity index (χ1n) is 8.53. The highest BCUT2D eigenvalue weighted by Crippen LogP contribution is 2.23. The van der Waals surface area contributed by atoms with E-state index in [9.17, 15) is 9.59 Å². The molecule has 6 nitrogen and oxygen atoms in total. The Balaban J connectivity index is 0.00000364. The Bertz CT molecular complexity index is 746. The number of hydrogen-bond acceptors (Lipinski definition) is 4. The molecule has 1 atom stereocenters. The maximum atomic E-state index is 11.9. The summed E-state index contributed by atoms with van der Waals surface area (Å²) in [5.74, 6) is 0.775. The zero-order valence-corrected chi connectivity index (χ0v) is 16.5. The SMILES string of the molecule is Cc1ccc(Oc2ccc(NC(=O)CNC(=O)[C@@H](N)C(C)C)cc2)cc1.Cl. The minimum atomic E-state index is -0.624. The van der Waals surface area contributed by atoms with Crippen molar-refractivity contribution in [3.63, 3.8) is 0 Å². The summed E-state index contributed by atoms with van der Waals surface area (Å²) in [5.41, 5.74) is 7.51. The molecule has 0 bridgehead atoms. The molecule has 2 rings (SSSR count). The third-order valence-electron chi connectivity index (χ3n) is 3.84. The molecule has 0 saturated carbocycles. The average molecular weight is 392 g/mol. The molecule has 0 aliphatic rings. The zero-order valence-electron chi connectivity index (χ0n) is 15.7. The van der Waals surface area contributed by atoms with Gasteiger partial charge in [0, 0.05) is 5.69 Å². The molecule has 0 saturated heterocycles. The normalized spacial score (nSPS) is 11.3. The number of benzene rings is 2. The van der Waals surface area contributed by atoms with Gasteiger partial charge in [-0.2, -0.15) is 0 Å². The number of rotatable bonds is 7. The van der Waals surface area contributed by atoms with E-state index >= 15 is 0 Å². The predicted octanol–water partition coefficient (Wildman–Crippen LogP) is 3.25. The second-order valence-corrected chi connectivity index (χ2v) is 6.48. The number of ether oxygens (including phenoxy) is 1. The van der Waals surface area contributed by atoms with Gasteiger partial charge in [0.25, 0.3) is 0 Å². The summed E-state index contributed by atoms with van der Waals surface area (Å²) in [4.78, 5) is 23.7. The Morgan fingerprint density at radius 3 is 2.04 bits per heavy atom. The minimum Gasteiger partial charge on any atom is -0.457 e. The Morgan fingerprint density at radius 2 is 1.52 bits per heavy atom. The number of carbonyl (C=O) groups is 2. The molecule has 0 fully saturated rings. The molecule has 2 aromatic carbocycles. The Kier molecular flexibility index (Phi) is 8.78. The molecule has 0 heterocycles. The zero-order chi connectivity index (χ0) is 19.1. The highest BCUT2D eigenvalue weighted by molar-refractivity contribution is 5.95. The molecule has 0 radical (unpaired) electrons. The monoisotopic (exact) mass is 391 g/mol. The third kappa shape index (κ3) is 7.29. The van der Waals surface area contributed by atoms with Gasteiger partial charge in [0.15, 0.2) is 0 Å². The lowest BCUT2D eigenvalue weighted by Gasteiger charge is -2.15. The number of halogens is 1. The van der Waals surface area contributed by atoms with Crippen LogP contribution in [0.15, 0.2) is 48.5 Å². The highest BCUT2D eigenvalue weighted by Gasteiger charge is 2.17. The van der Waals surface area contributed by atoms with Crippen LogP contribution in [0.3, 0.4) is 0 Å². The van der Waals surface area contributed by atoms with Crippen LogP contribution in [0.5, 0.6) is 11.5 Å². The number of anilines is 1. The van der Waals surface area contributed by atoms with E-state index in [1.54, 1.807) is 24.3 Å². The Morgan fingerprint density at radius 1 is 1.00 bits per heavy atom. The molecular formula is C20H26ClN3O3. The van der Waals surface area contributed by atoms with E-state index in [0.29, 0.717) is 11.4 Å². The van der Waals surface area contributed by atoms with Gasteiger partial charge < -0.3 is 21.1 Å². The van der Waals surface area contributed by atoms with Crippen LogP contribution < -0.4 is 21.1 Å². The van der Waals surface area contributed by atoms with Crippen LogP contribution in [0.1, 0.15) is 19.4 Å². The van der Waals surface area contributed by atoms with Crippen molar-refractivity contribution in [1.29, 1.82) is 0 Å². The molecule has 27 heavy (non-hydrogen) atoms. The van der Waals surface area contributed by atoms with Crippen LogP contribution >= 0.6 is 12.4 Å². The van der Waals surface area contributed by atoms with E-state index in [1.165, 1.54) is 0 Å². The van der Waals surface area contributed by atoms with Crippen LogP contribution in [-0.4, -0.2) is 24.4 Å². The summed E-state index contributed by atoms with van der Waals surface area (Å²) in [6, 6.07) is 14.1. The van der Waals surface area contributed by atoms with Gasteiger partial charge in [0.2, 0.25) is 11.8 Å². The number of nitrogens with one attached hydrogen (secondary N) is 2. The largest absolute Gasteiger partial charge is 0.457 e. The van der Waals surface area contributed by atoms with Gasteiger partial charge in [-0.05, 0) is 49.2 Å². The molecule has 0 aliphatic heterocycles. The van der Waals surface area contributed by atoms with Crippen molar-refractivity contribution >= 4 is 29.9 Å². The Hall–Kier alpha value is -2.57. The van der Waals surface area contributed by atoms with Crippen LogP contribution in [0.2, 0.25) is 0 Å². The standard InChI is InChI=1S/C20H25N3O3.ClH/c1-13(2)19(21)20(25)22-12-18(24)23-15-6-10-17(11-7-15)26-16-8-4-14(3)5-9-16;/h4-11,13,19H,12,21H2,1-3H3,(H,22,25)(H,23,24);1H/t19-;/m0./s1. The maximum Gasteiger partial charge on any atom is 0.243 e. The van der Waals surface area contributed by atoms with Crippen molar-refractivity contribution < 1.29 is 14.3 Å². The van der Waals surface area contributed by atoms with Crippen molar-refractivity contribution in [2.45, 2.75) is 26.8 Å². The van der Waals surface area contributed by atoms with Crippen molar-refractivity contribution in [2.75, 3.05) is 11.9 Å². The first-order chi connectivity index (χ1) is 12.3. The van der Waals surface area contributed by atoms with Crippen molar-refractivity contribution in [3.05, 3.63) is 54.1 Å². The van der Waals surface area contributed by atoms with Crippen LogP contribution in [0.25, 0.3) is 0 Å². The average Bonchev–Trinajstić information content (AvgIpc) is 2.62. The fourth-order valence-electron chi connectivity index (χ4n) is 2.14. The molecule has 0 aromatic heterocycles. The summed E-state index contributed by atoms with van der Waals surface area (Å²) >= 11 is 0. The van der Waals surface area contributed by atoms with Gasteiger partial charge >= 0.3 is 0 Å². The Labute approximate surface area is 165 Å². The van der Waals surface area contributed by atoms with Crippen LogP contribution in [0, 0.1) is 12.8 Å². The van der Waals surface area contributed by atoms with Crippen molar-refractivity contribution in [1.82, 2.24) is 5.32 Å². The summed E-state index contributed by atoms with van der Waals surface area (Å²) in [6.45, 7) is 5.59. The summed E-state index contributed by atoms with van der Waals surface area (Å²) < 4.78 is 5.74. The van der Waals surface area contributed by atoms with Crippen LogP contribution in [-0.2, 0) is 9.59 Å². The molecule has 2 aromatic rings. The molecule has 0 spiro atoms. The quantitative estimate of drug-likeness (QED) is 0.675. The van der Waals surface area contributed by atoms with E-state index < -0.39 is 6.04 Å². The molecule has 7 heteroatoms. The number of hydrogen-bond donors (Lipinski definition) is 3. The van der Waals surface area contributed by atoms with E-state index in [4.69, 9.17) is 10.5 Å². The van der Waals surface area contributed by atoms with Gasteiger partial charge in [0.05, 0.1) is 12.6 Å². The summed E-state index contributed by atoms with van der Waals surface area (Å²) in [6.07, 6.45) is 0. The molecule has 0 aliphatic carbocycles. The molecular weight excluding hydrogens is 366 g/mol. The first-order valence-corrected chi connectivity index (χ1v) is 8.53. The van der Waals surface area contributed by atoms with E-state index in [-0.39, 0.29) is 36.7 Å². The minimum absolute atomic E-state index is 0. The molecule has 0 unspecified atom stereocenters. The third-order valence-corrected chi connectivity index (χ3v) is 3.84. The lowest BCUT2D eigenvalue weighted by Crippen LogP contribution is -2.46. The summed E-state index contributed by atoms with van der Waals surface area (Å²) in [5, 5.41) is 5.25. The number of nitrogens with two attached hydrogens (primary N) is 1.